The topological polar surface area (TPSA) is 46.2 Å². The van der Waals surface area contributed by atoms with Crippen LogP contribution in [-0.2, 0) is 10.8 Å². The van der Waals surface area contributed by atoms with E-state index in [2.05, 4.69) is 21.2 Å². The lowest BCUT2D eigenvalue weighted by Crippen LogP contribution is -2.26. The van der Waals surface area contributed by atoms with E-state index in [1.54, 1.807) is 6.26 Å². The Balaban J connectivity index is 2.52. The van der Waals surface area contributed by atoms with Crippen molar-refractivity contribution in [2.75, 3.05) is 18.6 Å². The second kappa shape index (κ2) is 6.86. The Labute approximate surface area is 110 Å². The van der Waals surface area contributed by atoms with Gasteiger partial charge in [-0.25, -0.2) is 4.39 Å². The molecule has 0 aliphatic heterocycles. The van der Waals surface area contributed by atoms with Crippen LogP contribution < -0.4 is 5.32 Å². The molecule has 94 valence electrons. The van der Waals surface area contributed by atoms with E-state index in [-0.39, 0.29) is 5.56 Å². The largest absolute Gasteiger partial charge is 0.352 e. The van der Waals surface area contributed by atoms with Crippen LogP contribution in [0.2, 0.25) is 0 Å². The minimum atomic E-state index is -0.866. The van der Waals surface area contributed by atoms with Crippen molar-refractivity contribution in [2.24, 2.45) is 0 Å². The molecular formula is C11H13BrFNO2S. The number of nitrogens with one attached hydrogen (secondary N) is 1. The fourth-order valence-corrected chi connectivity index (χ4v) is 2.16. The molecule has 0 heterocycles. The zero-order valence-electron chi connectivity index (χ0n) is 9.33. The minimum absolute atomic E-state index is 0.0111. The van der Waals surface area contributed by atoms with E-state index in [1.165, 1.54) is 18.2 Å². The summed E-state index contributed by atoms with van der Waals surface area (Å²) in [6, 6.07) is 4.20. The normalized spacial score (nSPS) is 12.2. The molecule has 1 N–H and O–H groups in total. The van der Waals surface area contributed by atoms with Crippen molar-refractivity contribution in [1.29, 1.82) is 0 Å². The Hall–Kier alpha value is -0.750. The van der Waals surface area contributed by atoms with Crippen LogP contribution in [0, 0.1) is 5.82 Å². The van der Waals surface area contributed by atoms with Gasteiger partial charge in [-0.1, -0.05) is 15.9 Å². The lowest BCUT2D eigenvalue weighted by atomic mass is 10.2. The summed E-state index contributed by atoms with van der Waals surface area (Å²) >= 11 is 3.18. The lowest BCUT2D eigenvalue weighted by Gasteiger charge is -2.06. The quantitative estimate of drug-likeness (QED) is 0.844. The van der Waals surface area contributed by atoms with Crippen molar-refractivity contribution < 1.29 is 13.4 Å². The van der Waals surface area contributed by atoms with Gasteiger partial charge in [-0.05, 0) is 24.6 Å². The highest BCUT2D eigenvalue weighted by atomic mass is 79.9. The third-order valence-corrected chi connectivity index (χ3v) is 3.42. The van der Waals surface area contributed by atoms with Crippen molar-refractivity contribution in [1.82, 2.24) is 5.32 Å². The highest BCUT2D eigenvalue weighted by Crippen LogP contribution is 2.15. The molecule has 1 amide bonds. The van der Waals surface area contributed by atoms with E-state index in [0.29, 0.717) is 23.2 Å². The summed E-state index contributed by atoms with van der Waals surface area (Å²) in [5.41, 5.74) is 0.0111. The lowest BCUT2D eigenvalue weighted by molar-refractivity contribution is 0.0949. The number of carbonyl (C=O) groups excluding carboxylic acids is 1. The molecule has 0 saturated heterocycles. The molecule has 0 saturated carbocycles. The summed E-state index contributed by atoms with van der Waals surface area (Å²) in [6.07, 6.45) is 2.22. The van der Waals surface area contributed by atoms with Crippen LogP contribution in [0.4, 0.5) is 4.39 Å². The van der Waals surface area contributed by atoms with Crippen molar-refractivity contribution >= 4 is 32.6 Å². The van der Waals surface area contributed by atoms with Crippen molar-refractivity contribution in [2.45, 2.75) is 6.42 Å². The second-order valence-electron chi connectivity index (χ2n) is 3.51. The summed E-state index contributed by atoms with van der Waals surface area (Å²) in [5.74, 6) is -0.475. The third-order valence-electron chi connectivity index (χ3n) is 2.07. The van der Waals surface area contributed by atoms with Gasteiger partial charge in [0.25, 0.3) is 5.91 Å². The standard InChI is InChI=1S/C11H13BrFNO2S/c1-17(16)6-2-5-14-11(15)9-7-8(12)3-4-10(9)13/h3-4,7H,2,5-6H2,1H3,(H,14,15). The summed E-state index contributed by atoms with van der Waals surface area (Å²) in [4.78, 5) is 11.6. The van der Waals surface area contributed by atoms with E-state index in [4.69, 9.17) is 0 Å². The predicted molar refractivity (Wildman–Crippen MR) is 70.0 cm³/mol. The second-order valence-corrected chi connectivity index (χ2v) is 5.98. The average molecular weight is 322 g/mol. The number of halogens is 2. The van der Waals surface area contributed by atoms with Crippen molar-refractivity contribution in [3.05, 3.63) is 34.1 Å². The van der Waals surface area contributed by atoms with Gasteiger partial charge in [0.1, 0.15) is 5.82 Å². The molecule has 0 aromatic heterocycles. The molecule has 0 radical (unpaired) electrons. The van der Waals surface area contributed by atoms with Crippen LogP contribution in [0.1, 0.15) is 16.8 Å². The molecule has 1 unspecified atom stereocenters. The number of rotatable bonds is 5. The predicted octanol–water partition coefficient (Wildman–Crippen LogP) is 2.09. The van der Waals surface area contributed by atoms with E-state index < -0.39 is 22.5 Å². The highest BCUT2D eigenvalue weighted by molar-refractivity contribution is 9.10. The molecule has 1 aromatic carbocycles. The number of hydrogen-bond donors (Lipinski definition) is 1. The molecule has 1 atom stereocenters. The molecule has 6 heteroatoms. The summed E-state index contributed by atoms with van der Waals surface area (Å²) in [6.45, 7) is 0.393. The summed E-state index contributed by atoms with van der Waals surface area (Å²) in [7, 11) is -0.866. The molecular weight excluding hydrogens is 309 g/mol. The Morgan fingerprint density at radius 3 is 2.88 bits per heavy atom. The zero-order valence-corrected chi connectivity index (χ0v) is 11.7. The van der Waals surface area contributed by atoms with Gasteiger partial charge in [0.05, 0.1) is 5.56 Å². The van der Waals surface area contributed by atoms with Gasteiger partial charge in [0.2, 0.25) is 0 Å². The first-order valence-corrected chi connectivity index (χ1v) is 7.56. The molecule has 0 spiro atoms. The van der Waals surface area contributed by atoms with Crippen LogP contribution >= 0.6 is 15.9 Å². The smallest absolute Gasteiger partial charge is 0.254 e. The molecule has 1 aromatic rings. The zero-order chi connectivity index (χ0) is 12.8. The first-order chi connectivity index (χ1) is 8.00. The van der Waals surface area contributed by atoms with E-state index in [1.807, 2.05) is 0 Å². The van der Waals surface area contributed by atoms with Gasteiger partial charge >= 0.3 is 0 Å². The Bertz CT molecular complexity index is 439. The minimum Gasteiger partial charge on any atom is -0.352 e. The fourth-order valence-electron chi connectivity index (χ4n) is 1.24. The molecule has 0 aliphatic rings. The van der Waals surface area contributed by atoms with E-state index in [9.17, 15) is 13.4 Å². The van der Waals surface area contributed by atoms with Gasteiger partial charge in [-0.3, -0.25) is 9.00 Å². The van der Waals surface area contributed by atoms with E-state index in [0.717, 1.165) is 0 Å². The number of hydrogen-bond acceptors (Lipinski definition) is 2. The first-order valence-electron chi connectivity index (χ1n) is 5.04. The van der Waals surface area contributed by atoms with Gasteiger partial charge < -0.3 is 5.32 Å². The Kier molecular flexibility index (Phi) is 5.77. The fraction of sp³-hybridized carbons (Fsp3) is 0.364. The number of benzene rings is 1. The third kappa shape index (κ3) is 4.95. The molecule has 3 nitrogen and oxygen atoms in total. The maximum absolute atomic E-state index is 13.3. The maximum atomic E-state index is 13.3. The summed E-state index contributed by atoms with van der Waals surface area (Å²) in [5, 5.41) is 2.59. The summed E-state index contributed by atoms with van der Waals surface area (Å²) < 4.78 is 24.8. The van der Waals surface area contributed by atoms with Gasteiger partial charge in [-0.15, -0.1) is 0 Å². The Morgan fingerprint density at radius 2 is 2.24 bits per heavy atom. The van der Waals surface area contributed by atoms with Crippen LogP contribution in [0.3, 0.4) is 0 Å². The van der Waals surface area contributed by atoms with Crippen LogP contribution in [0.25, 0.3) is 0 Å². The first kappa shape index (κ1) is 14.3. The van der Waals surface area contributed by atoms with Crippen molar-refractivity contribution in [3.63, 3.8) is 0 Å². The number of amides is 1. The molecule has 17 heavy (non-hydrogen) atoms. The molecule has 0 bridgehead atoms. The van der Waals surface area contributed by atoms with Gasteiger partial charge in [0.15, 0.2) is 0 Å². The Morgan fingerprint density at radius 1 is 1.53 bits per heavy atom. The van der Waals surface area contributed by atoms with Gasteiger partial charge in [-0.2, -0.15) is 0 Å². The monoisotopic (exact) mass is 321 g/mol. The highest BCUT2D eigenvalue weighted by Gasteiger charge is 2.11. The van der Waals surface area contributed by atoms with Gasteiger partial charge in [0, 0.05) is 33.8 Å². The average Bonchev–Trinajstić information content (AvgIpc) is 2.27. The molecule has 0 aliphatic carbocycles. The van der Waals surface area contributed by atoms with Crippen molar-refractivity contribution in [3.8, 4) is 0 Å². The molecule has 0 fully saturated rings. The van der Waals surface area contributed by atoms with Crippen LogP contribution in [0.15, 0.2) is 22.7 Å². The van der Waals surface area contributed by atoms with E-state index >= 15 is 0 Å². The molecule has 1 rings (SSSR count). The SMILES string of the molecule is CS(=O)CCCNC(=O)c1cc(Br)ccc1F. The number of carbonyl (C=O) groups is 1. The van der Waals surface area contributed by atoms with Crippen LogP contribution in [-0.4, -0.2) is 28.7 Å². The maximum Gasteiger partial charge on any atom is 0.254 e. The van der Waals surface area contributed by atoms with Crippen LogP contribution in [0.5, 0.6) is 0 Å².